The summed E-state index contributed by atoms with van der Waals surface area (Å²) in [5.74, 6) is -0.351. The van der Waals surface area contributed by atoms with Crippen molar-refractivity contribution in [3.05, 3.63) is 66.9 Å². The maximum atomic E-state index is 14.2. The summed E-state index contributed by atoms with van der Waals surface area (Å²) in [5.41, 5.74) is 3.21. The molecule has 8 aromatic rings. The van der Waals surface area contributed by atoms with Gasteiger partial charge in [0.25, 0.3) is 11.1 Å². The first-order valence-electron chi connectivity index (χ1n) is 20.2. The van der Waals surface area contributed by atoms with E-state index in [4.69, 9.17) is 9.47 Å². The molecule has 0 spiro atoms. The van der Waals surface area contributed by atoms with Crippen molar-refractivity contribution >= 4 is 108 Å². The molecule has 0 bridgehead atoms. The molecule has 0 saturated heterocycles. The summed E-state index contributed by atoms with van der Waals surface area (Å²) < 4.78 is 18.6. The Kier molecular flexibility index (Phi) is 11.4. The summed E-state index contributed by atoms with van der Waals surface area (Å²) in [6.07, 6.45) is 15.6. The third kappa shape index (κ3) is 7.35. The van der Waals surface area contributed by atoms with Crippen LogP contribution in [0.15, 0.2) is 46.0 Å². The molecule has 7 heterocycles. The number of thiophene rings is 3. The van der Waals surface area contributed by atoms with E-state index in [0.29, 0.717) is 49.7 Å². The van der Waals surface area contributed by atoms with Gasteiger partial charge >= 0.3 is 11.9 Å². The summed E-state index contributed by atoms with van der Waals surface area (Å²) in [5, 5.41) is 2.93. The van der Waals surface area contributed by atoms with Crippen molar-refractivity contribution in [2.45, 2.75) is 117 Å². The Balaban J connectivity index is 1.02. The Morgan fingerprint density at radius 2 is 0.964 bits per heavy atom. The molecule has 288 valence electrons. The molecular weight excluding hydrogens is 749 g/mol. The standard InChI is InChI=1S/C44H48N2O6S3/c1-3-5-7-9-11-13-21-51-37(47)19-15-27-23-31-35(53-27)25-33-41-39-29(43(49)45(31)33)17-18-30-40(39)42(55-41)34-26-36-32(46(34)44(30)50)24-28(54-36)16-20-38(48)52-22-14-12-10-8-6-4-2/h17-18,23-26H,3-16,19-22H2,1-2H3. The molecule has 0 aliphatic rings. The Morgan fingerprint density at radius 1 is 0.545 bits per heavy atom. The van der Waals surface area contributed by atoms with Crippen LogP contribution in [-0.4, -0.2) is 34.0 Å². The van der Waals surface area contributed by atoms with Gasteiger partial charge in [0.15, 0.2) is 0 Å². The van der Waals surface area contributed by atoms with E-state index < -0.39 is 0 Å². The highest BCUT2D eigenvalue weighted by Crippen LogP contribution is 2.45. The highest BCUT2D eigenvalue weighted by molar-refractivity contribution is 7.28. The zero-order chi connectivity index (χ0) is 38.1. The minimum absolute atomic E-state index is 0.0966. The van der Waals surface area contributed by atoms with Crippen LogP contribution in [0.4, 0.5) is 0 Å². The van der Waals surface area contributed by atoms with Crippen LogP contribution in [0, 0.1) is 0 Å². The second kappa shape index (κ2) is 16.6. The number of fused-ring (bicyclic) bond motifs is 8. The third-order valence-corrected chi connectivity index (χ3v) is 14.4. The first-order valence-corrected chi connectivity index (χ1v) is 22.6. The molecule has 0 aliphatic carbocycles. The third-order valence-electron chi connectivity index (χ3n) is 11.0. The minimum atomic E-state index is -0.176. The molecular formula is C44H48N2O6S3. The smallest absolute Gasteiger partial charge is 0.306 e. The van der Waals surface area contributed by atoms with Crippen LogP contribution in [0.3, 0.4) is 0 Å². The Morgan fingerprint density at radius 3 is 1.40 bits per heavy atom. The number of esters is 2. The van der Waals surface area contributed by atoms with Crippen molar-refractivity contribution in [2.24, 2.45) is 0 Å². The number of pyridine rings is 2. The lowest BCUT2D eigenvalue weighted by Crippen LogP contribution is -2.14. The van der Waals surface area contributed by atoms with Gasteiger partial charge in [0.2, 0.25) is 0 Å². The molecule has 0 saturated carbocycles. The molecule has 0 N–H and O–H groups in total. The number of rotatable bonds is 20. The van der Waals surface area contributed by atoms with Gasteiger partial charge in [-0.1, -0.05) is 78.1 Å². The number of unbranched alkanes of at least 4 members (excludes halogenated alkanes) is 10. The van der Waals surface area contributed by atoms with Crippen LogP contribution >= 0.6 is 34.0 Å². The van der Waals surface area contributed by atoms with Crippen LogP contribution < -0.4 is 11.1 Å². The number of benzene rings is 1. The zero-order valence-corrected chi connectivity index (χ0v) is 34.2. The van der Waals surface area contributed by atoms with Crippen LogP contribution in [-0.2, 0) is 31.9 Å². The Hall–Kier alpha value is -4.06. The maximum absolute atomic E-state index is 14.2. The van der Waals surface area contributed by atoms with E-state index >= 15 is 0 Å². The monoisotopic (exact) mass is 796 g/mol. The second-order valence-corrected chi connectivity index (χ2v) is 18.3. The predicted molar refractivity (Wildman–Crippen MR) is 230 cm³/mol. The second-order valence-electron chi connectivity index (χ2n) is 14.9. The first kappa shape index (κ1) is 37.8. The lowest BCUT2D eigenvalue weighted by molar-refractivity contribution is -0.144. The van der Waals surface area contributed by atoms with E-state index in [1.165, 1.54) is 51.4 Å². The molecule has 8 nitrogen and oxygen atoms in total. The van der Waals surface area contributed by atoms with Gasteiger partial charge in [-0.05, 0) is 62.1 Å². The van der Waals surface area contributed by atoms with Gasteiger partial charge in [0.1, 0.15) is 0 Å². The van der Waals surface area contributed by atoms with Gasteiger partial charge in [0, 0.05) is 31.3 Å². The van der Waals surface area contributed by atoms with Gasteiger partial charge in [-0.15, -0.1) is 34.0 Å². The van der Waals surface area contributed by atoms with Crippen molar-refractivity contribution in [1.82, 2.24) is 8.80 Å². The Bertz CT molecular complexity index is 2560. The molecule has 8 rings (SSSR count). The lowest BCUT2D eigenvalue weighted by atomic mass is 10.0. The molecule has 11 heteroatoms. The van der Waals surface area contributed by atoms with Gasteiger partial charge in [-0.25, -0.2) is 0 Å². The molecule has 0 radical (unpaired) electrons. The fourth-order valence-electron chi connectivity index (χ4n) is 8.07. The Labute approximate surface area is 331 Å². The van der Waals surface area contributed by atoms with Crippen molar-refractivity contribution in [3.8, 4) is 0 Å². The van der Waals surface area contributed by atoms with Crippen LogP contribution in [0.2, 0.25) is 0 Å². The van der Waals surface area contributed by atoms with Gasteiger partial charge in [-0.3, -0.25) is 28.0 Å². The SMILES string of the molecule is CCCCCCCCOC(=O)CCc1cc2c(cc3c4sc5c6c(ccc(c(=O)n23)c46)c(=O)n2c3cc(CCC(=O)OCCCCCCCC)sc3cc52)s1. The fraction of sp³-hybridized carbons (Fsp3) is 0.455. The first-order chi connectivity index (χ1) is 26.9. The summed E-state index contributed by atoms with van der Waals surface area (Å²) >= 11 is 4.87. The van der Waals surface area contributed by atoms with Crippen LogP contribution in [0.5, 0.6) is 0 Å². The lowest BCUT2D eigenvalue weighted by Gasteiger charge is -2.05. The highest BCUT2D eigenvalue weighted by atomic mass is 32.1. The summed E-state index contributed by atoms with van der Waals surface area (Å²) in [6.45, 7) is 5.37. The minimum Gasteiger partial charge on any atom is -0.466 e. The van der Waals surface area contributed by atoms with Crippen molar-refractivity contribution in [3.63, 3.8) is 0 Å². The summed E-state index contributed by atoms with van der Waals surface area (Å²) in [4.78, 5) is 55.4. The largest absolute Gasteiger partial charge is 0.466 e. The van der Waals surface area contributed by atoms with Crippen molar-refractivity contribution < 1.29 is 19.1 Å². The summed E-state index contributed by atoms with van der Waals surface area (Å²) in [6, 6.07) is 11.9. The number of carbonyl (C=O) groups is 2. The van der Waals surface area contributed by atoms with Gasteiger partial charge in [-0.2, -0.15) is 0 Å². The number of carbonyl (C=O) groups excluding carboxylic acids is 2. The molecule has 55 heavy (non-hydrogen) atoms. The van der Waals surface area contributed by atoms with E-state index in [9.17, 15) is 19.2 Å². The highest BCUT2D eigenvalue weighted by Gasteiger charge is 2.25. The quantitative estimate of drug-likeness (QED) is 0.0433. The number of ether oxygens (including phenoxy) is 2. The van der Waals surface area contributed by atoms with Crippen molar-refractivity contribution in [2.75, 3.05) is 13.2 Å². The molecule has 0 fully saturated rings. The molecule has 1 aromatic carbocycles. The van der Waals surface area contributed by atoms with E-state index in [0.717, 1.165) is 87.1 Å². The molecule has 7 aromatic heterocycles. The number of aromatic nitrogens is 2. The predicted octanol–water partition coefficient (Wildman–Crippen LogP) is 11.4. The van der Waals surface area contributed by atoms with E-state index in [1.54, 1.807) is 46.1 Å². The zero-order valence-electron chi connectivity index (χ0n) is 31.8. The molecule has 0 atom stereocenters. The maximum Gasteiger partial charge on any atom is 0.306 e. The topological polar surface area (TPSA) is 95.6 Å². The van der Waals surface area contributed by atoms with Gasteiger partial charge < -0.3 is 9.47 Å². The van der Waals surface area contributed by atoms with Crippen molar-refractivity contribution in [1.29, 1.82) is 0 Å². The molecule has 0 amide bonds. The fourth-order valence-corrected chi connectivity index (χ4v) is 11.6. The molecule has 0 unspecified atom stereocenters. The van der Waals surface area contributed by atoms with Crippen LogP contribution in [0.1, 0.15) is 113 Å². The normalized spacial score (nSPS) is 12.3. The number of hydrogen-bond donors (Lipinski definition) is 0. The number of nitrogens with zero attached hydrogens (tertiary/aromatic N) is 2. The van der Waals surface area contributed by atoms with E-state index in [-0.39, 0.29) is 23.1 Å². The number of aryl methyl sites for hydroxylation is 2. The number of hydrogen-bond acceptors (Lipinski definition) is 9. The van der Waals surface area contributed by atoms with E-state index in [1.807, 2.05) is 20.9 Å². The summed E-state index contributed by atoms with van der Waals surface area (Å²) in [7, 11) is 0. The van der Waals surface area contributed by atoms with Gasteiger partial charge in [0.05, 0.1) is 66.9 Å². The average molecular weight is 797 g/mol. The van der Waals surface area contributed by atoms with Crippen LogP contribution in [0.25, 0.3) is 62.4 Å². The average Bonchev–Trinajstić information content (AvgIpc) is 3.99. The van der Waals surface area contributed by atoms with E-state index in [2.05, 4.69) is 26.0 Å². The molecule has 0 aliphatic heterocycles.